The van der Waals surface area contributed by atoms with Crippen LogP contribution in [0.1, 0.15) is 107 Å². The number of piperazine rings is 1. The van der Waals surface area contributed by atoms with Crippen molar-refractivity contribution in [2.24, 2.45) is 11.7 Å². The van der Waals surface area contributed by atoms with Crippen molar-refractivity contribution in [1.29, 1.82) is 0 Å². The summed E-state index contributed by atoms with van der Waals surface area (Å²) in [5.41, 5.74) is 19.6. The standard InChI is InChI=1S/C60H74N12O9S/c1-35(2)56(60(77)71-33-42(73)26-50(71)59(76)65-47(8-6-10-53(61)75)37-11-13-38(14-12-37)57-36(3)64-34-82-57)52-30-55(68-81-52)78-24-23-69-21-18-43(19-22-69)79-44-27-45(28-44)80-54-25-39(17-20-63-54)72-40-15-16-41(72)32-70(31-40)49-29-48(66-67-58(49)62)46-7-4-5-9-51(46)74/h4-5,7,9,11-14,17,20,25,29-30,34-35,40-45,47,50,56,73-74H,6,8,10,15-16,18-19,21-24,26-28,31-33H2,1-3H3,(H2,61,75)(H2,62,67)(H,65,76)/t40?,41?,42-,44-,45-,47+,50+,56+/m1/s1. The van der Waals surface area contributed by atoms with Gasteiger partial charge >= 0.3 is 0 Å². The van der Waals surface area contributed by atoms with Crippen molar-refractivity contribution >= 4 is 46.3 Å². The zero-order chi connectivity index (χ0) is 57.0. The number of aromatic nitrogens is 5. The lowest BCUT2D eigenvalue weighted by Crippen LogP contribution is -2.54. The second kappa shape index (κ2) is 25.0. The van der Waals surface area contributed by atoms with Crippen LogP contribution in [0.3, 0.4) is 0 Å². The van der Waals surface area contributed by atoms with E-state index in [0.29, 0.717) is 54.7 Å². The number of nitrogens with zero attached hydrogens (tertiary/aromatic N) is 9. The third-order valence-corrected chi connectivity index (χ3v) is 17.9. The van der Waals surface area contributed by atoms with E-state index < -0.39 is 35.9 Å². The van der Waals surface area contributed by atoms with E-state index in [1.54, 1.807) is 29.5 Å². The average Bonchev–Trinajstić information content (AvgIpc) is 4.41. The predicted molar refractivity (Wildman–Crippen MR) is 309 cm³/mol. The fourth-order valence-corrected chi connectivity index (χ4v) is 13.4. The molecule has 2 aromatic carbocycles. The number of fused-ring (bicyclic) bond motifs is 2. The van der Waals surface area contributed by atoms with Gasteiger partial charge in [0.1, 0.15) is 30.4 Å². The number of nitrogen functional groups attached to an aromatic ring is 1. The third kappa shape index (κ3) is 12.8. The smallest absolute Gasteiger partial charge is 0.254 e. The quantitative estimate of drug-likeness (QED) is 0.0468. The molecule has 21 nitrogen and oxygen atoms in total. The van der Waals surface area contributed by atoms with Crippen LogP contribution in [0.2, 0.25) is 0 Å². The summed E-state index contributed by atoms with van der Waals surface area (Å²) in [6.45, 7) is 10.1. The van der Waals surface area contributed by atoms with E-state index in [9.17, 15) is 24.6 Å². The number of aromatic hydroxyl groups is 1. The molecule has 4 aliphatic heterocycles. The number of para-hydroxylation sites is 1. The molecular formula is C60H74N12O9S. The molecule has 7 N–H and O–H groups in total. The molecule has 22 heteroatoms. The number of pyridine rings is 1. The van der Waals surface area contributed by atoms with Crippen LogP contribution in [-0.4, -0.2) is 151 Å². The zero-order valence-corrected chi connectivity index (χ0v) is 47.5. The van der Waals surface area contributed by atoms with Crippen LogP contribution >= 0.6 is 11.3 Å². The van der Waals surface area contributed by atoms with E-state index in [2.05, 4.69) is 57.5 Å². The second-order valence-electron chi connectivity index (χ2n) is 22.9. The molecule has 3 amide bonds. The van der Waals surface area contributed by atoms with Gasteiger partial charge < -0.3 is 60.4 Å². The highest BCUT2D eigenvalue weighted by molar-refractivity contribution is 7.13. The Morgan fingerprint density at radius 2 is 1.66 bits per heavy atom. The first kappa shape index (κ1) is 56.5. The number of ether oxygens (including phenoxy) is 3. The molecule has 4 saturated heterocycles. The van der Waals surface area contributed by atoms with Crippen molar-refractivity contribution in [2.45, 2.75) is 139 Å². The Labute approximate surface area is 481 Å². The lowest BCUT2D eigenvalue weighted by molar-refractivity contribution is -0.141. The highest BCUT2D eigenvalue weighted by atomic mass is 32.1. The summed E-state index contributed by atoms with van der Waals surface area (Å²) in [5, 5.41) is 37.2. The second-order valence-corrected chi connectivity index (χ2v) is 23.8. The number of thiazole rings is 1. The maximum absolute atomic E-state index is 14.4. The number of likely N-dealkylation sites (tertiary alicyclic amines) is 2. The van der Waals surface area contributed by atoms with E-state index in [0.717, 1.165) is 97.8 Å². The van der Waals surface area contributed by atoms with Gasteiger partial charge in [-0.05, 0) is 91.9 Å². The van der Waals surface area contributed by atoms with Gasteiger partial charge in [0.25, 0.3) is 5.88 Å². The summed E-state index contributed by atoms with van der Waals surface area (Å²) in [7, 11) is 0. The lowest BCUT2D eigenvalue weighted by Gasteiger charge is -2.43. The molecule has 1 aliphatic carbocycles. The van der Waals surface area contributed by atoms with Crippen LogP contribution in [-0.2, 0) is 19.1 Å². The Kier molecular flexibility index (Phi) is 17.2. The SMILES string of the molecule is Cc1ncsc1-c1ccc([C@H](CCCC(N)=O)NC(=O)[C@@H]2C[C@@H](O)CN2C(=O)[C@H](c2cc(OCCN3CCC(O[C@H]4C[C@H](Oc5cc(N6C7CCC6CN(c6cc(-c8ccccc8O)nnc6N)C7)ccn5)C4)CC3)no2)C(C)C)cc1. The maximum Gasteiger partial charge on any atom is 0.254 e. The third-order valence-electron chi connectivity index (χ3n) is 16.9. The minimum Gasteiger partial charge on any atom is -0.507 e. The van der Waals surface area contributed by atoms with E-state index in [1.165, 1.54) is 4.90 Å². The van der Waals surface area contributed by atoms with E-state index in [4.69, 9.17) is 30.2 Å². The molecule has 4 aromatic heterocycles. The molecule has 5 aliphatic rings. The van der Waals surface area contributed by atoms with Crippen LogP contribution in [0.15, 0.2) is 89.0 Å². The summed E-state index contributed by atoms with van der Waals surface area (Å²) >= 11 is 1.56. The van der Waals surface area contributed by atoms with Crippen LogP contribution < -0.4 is 36.1 Å². The monoisotopic (exact) mass is 1140 g/mol. The van der Waals surface area contributed by atoms with Crippen molar-refractivity contribution in [3.63, 3.8) is 0 Å². The first-order valence-corrected chi connectivity index (χ1v) is 29.7. The topological polar surface area (TPSA) is 274 Å². The first-order chi connectivity index (χ1) is 39.7. The highest BCUT2D eigenvalue weighted by Crippen LogP contribution is 2.41. The van der Waals surface area contributed by atoms with Gasteiger partial charge in [0.2, 0.25) is 23.6 Å². The number of nitrogens with two attached hydrogens (primary N) is 2. The van der Waals surface area contributed by atoms with Crippen molar-refractivity contribution in [3.8, 4) is 39.2 Å². The number of benzene rings is 2. The van der Waals surface area contributed by atoms with Gasteiger partial charge in [-0.2, -0.15) is 0 Å². The number of nitrogens with one attached hydrogen (secondary N) is 1. The number of amides is 3. The van der Waals surface area contributed by atoms with E-state index >= 15 is 0 Å². The molecule has 6 atom stereocenters. The average molecular weight is 1140 g/mol. The number of β-amino-alcohol motifs (C(OH)–C–C–N with tert-alkyl or cyclic N) is 1. The summed E-state index contributed by atoms with van der Waals surface area (Å²) < 4.78 is 24.8. The van der Waals surface area contributed by atoms with Gasteiger partial charge in [-0.25, -0.2) is 9.97 Å². The molecule has 0 spiro atoms. The number of hydrogen-bond donors (Lipinski definition) is 5. The number of primary amides is 1. The minimum absolute atomic E-state index is 0.00474. The summed E-state index contributed by atoms with van der Waals surface area (Å²) in [6, 6.07) is 21.9. The molecule has 0 radical (unpaired) electrons. The van der Waals surface area contributed by atoms with Crippen LogP contribution in [0.4, 0.5) is 17.2 Å². The normalized spacial score (nSPS) is 22.7. The Morgan fingerprint density at radius 3 is 2.38 bits per heavy atom. The zero-order valence-electron chi connectivity index (χ0n) is 46.7. The largest absolute Gasteiger partial charge is 0.507 e. The summed E-state index contributed by atoms with van der Waals surface area (Å²) in [4.78, 5) is 58.9. The number of phenolic OH excluding ortho intramolecular Hbond substituents is 1. The molecular weight excluding hydrogens is 1060 g/mol. The number of phenols is 1. The van der Waals surface area contributed by atoms with Crippen molar-refractivity contribution in [3.05, 3.63) is 102 Å². The van der Waals surface area contributed by atoms with Crippen molar-refractivity contribution < 1.29 is 43.3 Å². The predicted octanol–water partition coefficient (Wildman–Crippen LogP) is 6.79. The van der Waals surface area contributed by atoms with Gasteiger partial charge in [-0.1, -0.05) is 50.2 Å². The first-order valence-electron chi connectivity index (χ1n) is 28.8. The van der Waals surface area contributed by atoms with E-state index in [1.807, 2.05) is 74.9 Å². The molecule has 82 heavy (non-hydrogen) atoms. The number of carbonyl (C=O) groups is 3. The Hall–Kier alpha value is -7.40. The number of piperidine rings is 1. The Bertz CT molecular complexity index is 3170. The van der Waals surface area contributed by atoms with Gasteiger partial charge in [-0.3, -0.25) is 19.3 Å². The number of aryl methyl sites for hydroxylation is 1. The van der Waals surface area contributed by atoms with Gasteiger partial charge in [-0.15, -0.1) is 21.5 Å². The van der Waals surface area contributed by atoms with Crippen LogP contribution in [0, 0.1) is 12.8 Å². The van der Waals surface area contributed by atoms with Gasteiger partial charge in [0.15, 0.2) is 11.6 Å². The molecule has 5 fully saturated rings. The highest BCUT2D eigenvalue weighted by Gasteiger charge is 2.45. The lowest BCUT2D eigenvalue weighted by atomic mass is 9.91. The maximum atomic E-state index is 14.4. The number of carbonyl (C=O) groups excluding carboxylic acids is 3. The number of rotatable bonds is 22. The van der Waals surface area contributed by atoms with Crippen LogP contribution in [0.5, 0.6) is 17.5 Å². The number of anilines is 3. The molecule has 11 rings (SSSR count). The van der Waals surface area contributed by atoms with Crippen LogP contribution in [0.25, 0.3) is 21.7 Å². The fourth-order valence-electron chi connectivity index (χ4n) is 12.6. The van der Waals surface area contributed by atoms with Gasteiger partial charge in [0.05, 0.1) is 51.8 Å². The molecule has 6 aromatic rings. The molecule has 1 saturated carbocycles. The minimum atomic E-state index is -0.926. The number of hydrogen-bond acceptors (Lipinski definition) is 19. The Morgan fingerprint density at radius 1 is 0.890 bits per heavy atom. The molecule has 2 bridgehead atoms. The van der Waals surface area contributed by atoms with Gasteiger partial charge in [0, 0.05) is 107 Å². The summed E-state index contributed by atoms with van der Waals surface area (Å²) in [5.74, 6) is -0.396. The molecule has 434 valence electrons. The number of aliphatic hydroxyl groups excluding tert-OH is 1. The Balaban J connectivity index is 0.613. The van der Waals surface area contributed by atoms with E-state index in [-0.39, 0.29) is 73.2 Å². The number of aliphatic hydroxyl groups is 1. The molecule has 8 heterocycles. The summed E-state index contributed by atoms with van der Waals surface area (Å²) in [6.07, 6.45) is 8.05. The van der Waals surface area contributed by atoms with Crippen molar-refractivity contribution in [2.75, 3.05) is 61.4 Å². The molecule has 2 unspecified atom stereocenters. The van der Waals surface area contributed by atoms with Crippen molar-refractivity contribution in [1.82, 2.24) is 40.4 Å². The fraction of sp³-hybridized carbons (Fsp3) is 0.500.